The number of carbonyl (C=O) groups excluding carboxylic acids is 2. The molecule has 158 valence electrons. The number of hydrogen-bond acceptors (Lipinski definition) is 6. The van der Waals surface area contributed by atoms with Crippen LogP contribution in [0.1, 0.15) is 43.0 Å². The summed E-state index contributed by atoms with van der Waals surface area (Å²) in [5, 5.41) is 2.65. The summed E-state index contributed by atoms with van der Waals surface area (Å²) in [6, 6.07) is 10.7. The molecule has 8 nitrogen and oxygen atoms in total. The van der Waals surface area contributed by atoms with Crippen molar-refractivity contribution >= 4 is 27.4 Å². The fraction of sp³-hybridized carbons (Fsp3) is 0.333. The Hall–Kier alpha value is -2.91. The van der Waals surface area contributed by atoms with E-state index in [-0.39, 0.29) is 16.2 Å². The normalized spacial score (nSPS) is 16.6. The van der Waals surface area contributed by atoms with E-state index in [1.54, 1.807) is 18.2 Å². The zero-order valence-corrected chi connectivity index (χ0v) is 17.3. The molecule has 30 heavy (non-hydrogen) atoms. The largest absolute Gasteiger partial charge is 0.448 e. The molecule has 1 fully saturated rings. The summed E-state index contributed by atoms with van der Waals surface area (Å²) in [6.07, 6.45) is 3.76. The SMILES string of the molecule is CC(=O)c1cccc(S(=O)(=O)NCC(=O)Nc2ccc3c(c2)OC2(CCCC2)O3)c1. The molecule has 0 unspecified atom stereocenters. The first-order valence-electron chi connectivity index (χ1n) is 9.69. The third-order valence-electron chi connectivity index (χ3n) is 5.16. The molecule has 0 atom stereocenters. The number of carbonyl (C=O) groups is 2. The number of benzene rings is 2. The Morgan fingerprint density at radius 3 is 2.50 bits per heavy atom. The fourth-order valence-electron chi connectivity index (χ4n) is 3.62. The first-order chi connectivity index (χ1) is 14.3. The standard InChI is InChI=1S/C21H22N2O6S/c1-14(24)15-5-4-6-17(11-15)30(26,27)22-13-20(25)23-16-7-8-18-19(12-16)29-21(28-18)9-2-3-10-21/h4-8,11-12,22H,2-3,9-10,13H2,1H3,(H,23,25). The molecule has 1 aliphatic carbocycles. The van der Waals surface area contributed by atoms with E-state index in [0.29, 0.717) is 17.2 Å². The number of sulfonamides is 1. The lowest BCUT2D eigenvalue weighted by molar-refractivity contribution is -0.115. The number of nitrogens with one attached hydrogen (secondary N) is 2. The number of Topliss-reactive ketones (excluding diaryl/α,β-unsaturated/α-hetero) is 1. The van der Waals surface area contributed by atoms with Crippen molar-refractivity contribution in [1.29, 1.82) is 0 Å². The lowest BCUT2D eigenvalue weighted by Crippen LogP contribution is -2.34. The van der Waals surface area contributed by atoms with Gasteiger partial charge in [0.25, 0.3) is 5.79 Å². The summed E-state index contributed by atoms with van der Waals surface area (Å²) in [7, 11) is -3.94. The van der Waals surface area contributed by atoms with E-state index < -0.39 is 28.3 Å². The maximum atomic E-state index is 12.4. The van der Waals surface area contributed by atoms with Crippen molar-refractivity contribution < 1.29 is 27.5 Å². The van der Waals surface area contributed by atoms with Crippen LogP contribution >= 0.6 is 0 Å². The minimum Gasteiger partial charge on any atom is -0.448 e. The van der Waals surface area contributed by atoms with E-state index in [1.807, 2.05) is 0 Å². The van der Waals surface area contributed by atoms with Crippen LogP contribution in [-0.4, -0.2) is 32.4 Å². The molecule has 0 aromatic heterocycles. The predicted molar refractivity (Wildman–Crippen MR) is 109 cm³/mol. The monoisotopic (exact) mass is 430 g/mol. The molecule has 0 saturated heterocycles. The van der Waals surface area contributed by atoms with E-state index in [9.17, 15) is 18.0 Å². The molecular weight excluding hydrogens is 408 g/mol. The van der Waals surface area contributed by atoms with Gasteiger partial charge in [0.05, 0.1) is 11.4 Å². The Morgan fingerprint density at radius 1 is 1.03 bits per heavy atom. The van der Waals surface area contributed by atoms with Gasteiger partial charge in [-0.1, -0.05) is 12.1 Å². The Kier molecular flexibility index (Phi) is 5.25. The van der Waals surface area contributed by atoms with Crippen LogP contribution in [-0.2, 0) is 14.8 Å². The zero-order chi connectivity index (χ0) is 21.4. The second-order valence-corrected chi connectivity index (χ2v) is 9.21. The van der Waals surface area contributed by atoms with Gasteiger partial charge in [0.1, 0.15) is 0 Å². The minimum absolute atomic E-state index is 0.0760. The van der Waals surface area contributed by atoms with Crippen LogP contribution in [0.4, 0.5) is 5.69 Å². The predicted octanol–water partition coefficient (Wildman–Crippen LogP) is 2.85. The highest BCUT2D eigenvalue weighted by Crippen LogP contribution is 2.47. The molecule has 1 spiro atoms. The molecule has 1 amide bonds. The molecule has 4 rings (SSSR count). The second kappa shape index (κ2) is 7.73. The van der Waals surface area contributed by atoms with Crippen LogP contribution in [0.15, 0.2) is 47.4 Å². The number of ether oxygens (including phenoxy) is 2. The van der Waals surface area contributed by atoms with Crippen LogP contribution < -0.4 is 19.5 Å². The molecule has 1 heterocycles. The van der Waals surface area contributed by atoms with Crippen molar-refractivity contribution in [3.8, 4) is 11.5 Å². The van der Waals surface area contributed by atoms with Crippen molar-refractivity contribution in [2.75, 3.05) is 11.9 Å². The van der Waals surface area contributed by atoms with Gasteiger partial charge in [-0.2, -0.15) is 0 Å². The molecule has 0 radical (unpaired) electrons. The average molecular weight is 430 g/mol. The number of amides is 1. The number of hydrogen-bond donors (Lipinski definition) is 2. The summed E-state index contributed by atoms with van der Waals surface area (Å²) in [5.41, 5.74) is 0.762. The third kappa shape index (κ3) is 4.17. The Balaban J connectivity index is 1.38. The van der Waals surface area contributed by atoms with E-state index in [4.69, 9.17) is 9.47 Å². The minimum atomic E-state index is -3.94. The quantitative estimate of drug-likeness (QED) is 0.682. The molecule has 0 bridgehead atoms. The van der Waals surface area contributed by atoms with E-state index in [0.717, 1.165) is 25.7 Å². The second-order valence-electron chi connectivity index (χ2n) is 7.44. The molecule has 1 saturated carbocycles. The first-order valence-corrected chi connectivity index (χ1v) is 11.2. The molecule has 1 aliphatic heterocycles. The highest BCUT2D eigenvalue weighted by molar-refractivity contribution is 7.89. The summed E-state index contributed by atoms with van der Waals surface area (Å²) in [4.78, 5) is 23.6. The van der Waals surface area contributed by atoms with Crippen LogP contribution in [0.2, 0.25) is 0 Å². The summed E-state index contributed by atoms with van der Waals surface area (Å²) >= 11 is 0. The van der Waals surface area contributed by atoms with Gasteiger partial charge >= 0.3 is 0 Å². The molecule has 2 aromatic rings. The van der Waals surface area contributed by atoms with Crippen molar-refractivity contribution in [3.05, 3.63) is 48.0 Å². The van der Waals surface area contributed by atoms with Gasteiger partial charge in [-0.15, -0.1) is 0 Å². The van der Waals surface area contributed by atoms with Gasteiger partial charge in [0.2, 0.25) is 15.9 Å². The average Bonchev–Trinajstić information content (AvgIpc) is 3.32. The van der Waals surface area contributed by atoms with Crippen LogP contribution in [0, 0.1) is 0 Å². The molecule has 9 heteroatoms. The van der Waals surface area contributed by atoms with Gasteiger partial charge in [-0.05, 0) is 44.0 Å². The van der Waals surface area contributed by atoms with Crippen molar-refractivity contribution in [2.24, 2.45) is 0 Å². The smallest absolute Gasteiger partial charge is 0.251 e. The zero-order valence-electron chi connectivity index (χ0n) is 16.4. The van der Waals surface area contributed by atoms with E-state index in [2.05, 4.69) is 10.0 Å². The number of rotatable bonds is 6. The van der Waals surface area contributed by atoms with Gasteiger partial charge in [0.15, 0.2) is 17.3 Å². The van der Waals surface area contributed by atoms with Crippen molar-refractivity contribution in [2.45, 2.75) is 43.3 Å². The Morgan fingerprint density at radius 2 is 1.77 bits per heavy atom. The third-order valence-corrected chi connectivity index (χ3v) is 6.56. The van der Waals surface area contributed by atoms with Crippen LogP contribution in [0.3, 0.4) is 0 Å². The highest BCUT2D eigenvalue weighted by Gasteiger charge is 2.44. The van der Waals surface area contributed by atoms with Crippen molar-refractivity contribution in [1.82, 2.24) is 4.72 Å². The lowest BCUT2D eigenvalue weighted by atomic mass is 10.2. The summed E-state index contributed by atoms with van der Waals surface area (Å²) in [5.74, 6) is -0.158. The highest BCUT2D eigenvalue weighted by atomic mass is 32.2. The Bertz CT molecular complexity index is 1110. The van der Waals surface area contributed by atoms with E-state index >= 15 is 0 Å². The van der Waals surface area contributed by atoms with Gasteiger partial charge < -0.3 is 14.8 Å². The maximum absolute atomic E-state index is 12.4. The van der Waals surface area contributed by atoms with Crippen LogP contribution in [0.25, 0.3) is 0 Å². The summed E-state index contributed by atoms with van der Waals surface area (Å²) < 4.78 is 39.0. The Labute approximate surface area is 174 Å². The van der Waals surface area contributed by atoms with E-state index in [1.165, 1.54) is 31.2 Å². The topological polar surface area (TPSA) is 111 Å². The number of ketones is 1. The molecule has 2 aliphatic rings. The van der Waals surface area contributed by atoms with Gasteiger partial charge in [0, 0.05) is 30.2 Å². The van der Waals surface area contributed by atoms with Crippen molar-refractivity contribution in [3.63, 3.8) is 0 Å². The molecular formula is C21H22N2O6S. The molecule has 2 N–H and O–H groups in total. The van der Waals surface area contributed by atoms with Gasteiger partial charge in [-0.25, -0.2) is 13.1 Å². The number of fused-ring (bicyclic) bond motifs is 1. The first kappa shape index (κ1) is 20.4. The van der Waals surface area contributed by atoms with Gasteiger partial charge in [-0.3, -0.25) is 9.59 Å². The maximum Gasteiger partial charge on any atom is 0.251 e. The van der Waals surface area contributed by atoms with Crippen LogP contribution in [0.5, 0.6) is 11.5 Å². The molecule has 2 aromatic carbocycles. The summed E-state index contributed by atoms with van der Waals surface area (Å²) in [6.45, 7) is 0.900. The lowest BCUT2D eigenvalue weighted by Gasteiger charge is -2.21. The fourth-order valence-corrected chi connectivity index (χ4v) is 4.65. The number of anilines is 1.